The van der Waals surface area contributed by atoms with Crippen LogP contribution in [0.5, 0.6) is 0 Å². The molecule has 0 saturated carbocycles. The van der Waals surface area contributed by atoms with Crippen LogP contribution in [-0.4, -0.2) is 30.0 Å². The van der Waals surface area contributed by atoms with Gasteiger partial charge in [-0.05, 0) is 23.6 Å². The molecule has 7 heteroatoms. The fourth-order valence-electron chi connectivity index (χ4n) is 3.60. The Hall–Kier alpha value is -4.00. The van der Waals surface area contributed by atoms with Gasteiger partial charge in [0, 0.05) is 18.6 Å². The Balaban J connectivity index is 1.92. The van der Waals surface area contributed by atoms with Gasteiger partial charge in [0.2, 0.25) is 5.91 Å². The Kier molecular flexibility index (Phi) is 7.00. The van der Waals surface area contributed by atoms with E-state index in [0.29, 0.717) is 5.56 Å². The Morgan fingerprint density at radius 2 is 1.44 bits per heavy atom. The zero-order valence-corrected chi connectivity index (χ0v) is 17.9. The maximum absolute atomic E-state index is 13.6. The number of hydrogen-bond acceptors (Lipinski definition) is 5. The van der Waals surface area contributed by atoms with Crippen LogP contribution < -0.4 is 5.32 Å². The van der Waals surface area contributed by atoms with Crippen LogP contribution >= 0.6 is 0 Å². The van der Waals surface area contributed by atoms with Gasteiger partial charge in [-0.25, -0.2) is 4.79 Å². The summed E-state index contributed by atoms with van der Waals surface area (Å²) in [6.07, 6.45) is 0.135. The molecule has 0 aliphatic carbocycles. The van der Waals surface area contributed by atoms with E-state index in [0.717, 1.165) is 11.1 Å². The summed E-state index contributed by atoms with van der Waals surface area (Å²) in [4.78, 5) is 36.5. The van der Waals surface area contributed by atoms with Crippen LogP contribution in [0, 0.1) is 10.1 Å². The number of nitro benzene ring substituents is 1. The number of hydrogen-bond donors (Lipinski definition) is 1. The Morgan fingerprint density at radius 1 is 0.938 bits per heavy atom. The van der Waals surface area contributed by atoms with Crippen LogP contribution in [-0.2, 0) is 26.2 Å². The van der Waals surface area contributed by atoms with Crippen molar-refractivity contribution in [3.63, 3.8) is 0 Å². The minimum absolute atomic E-state index is 0.0480. The molecule has 1 atom stereocenters. The number of nitrogens with one attached hydrogen (secondary N) is 1. The maximum atomic E-state index is 13.6. The van der Waals surface area contributed by atoms with E-state index >= 15 is 0 Å². The topological polar surface area (TPSA) is 98.5 Å². The molecule has 0 heterocycles. The summed E-state index contributed by atoms with van der Waals surface area (Å²) in [5.41, 5.74) is 1.12. The number of ether oxygens (including phenoxy) is 1. The summed E-state index contributed by atoms with van der Waals surface area (Å²) >= 11 is 0. The molecule has 0 aliphatic rings. The lowest BCUT2D eigenvalue weighted by atomic mass is 9.75. The van der Waals surface area contributed by atoms with Gasteiger partial charge in [0.25, 0.3) is 5.69 Å². The number of nitrogens with zero attached hydrogens (tertiary/aromatic N) is 1. The van der Waals surface area contributed by atoms with Crippen LogP contribution in [0.15, 0.2) is 84.9 Å². The number of carbonyl (C=O) groups excluding carboxylic acids is 2. The van der Waals surface area contributed by atoms with E-state index in [1.54, 1.807) is 12.1 Å². The number of benzene rings is 3. The molecule has 0 spiro atoms. The van der Waals surface area contributed by atoms with Crippen molar-refractivity contribution in [1.82, 2.24) is 5.32 Å². The number of non-ortho nitro benzene ring substituents is 1. The lowest BCUT2D eigenvalue weighted by Crippen LogP contribution is -2.51. The third-order valence-corrected chi connectivity index (χ3v) is 5.53. The number of esters is 1. The third-order valence-electron chi connectivity index (χ3n) is 5.53. The van der Waals surface area contributed by atoms with Gasteiger partial charge in [-0.15, -0.1) is 0 Å². The van der Waals surface area contributed by atoms with Gasteiger partial charge in [0.1, 0.15) is 6.04 Å². The quantitative estimate of drug-likeness (QED) is 0.332. The number of methoxy groups -OCH3 is 1. The first-order valence-electron chi connectivity index (χ1n) is 10.1. The highest BCUT2D eigenvalue weighted by Gasteiger charge is 2.39. The minimum atomic E-state index is -1.05. The van der Waals surface area contributed by atoms with Crippen LogP contribution in [0.4, 0.5) is 5.69 Å². The van der Waals surface area contributed by atoms with Crippen molar-refractivity contribution in [3.05, 3.63) is 112 Å². The average molecular weight is 432 g/mol. The molecule has 32 heavy (non-hydrogen) atoms. The molecule has 0 bridgehead atoms. The second-order valence-corrected chi connectivity index (χ2v) is 7.53. The standard InChI is InChI=1S/C25H24N2O5/c1-25(19-9-5-3-6-10-19,20-11-7-4-8-12-20)24(29)26-22(23(28)32-2)17-18-13-15-21(16-14-18)27(30)31/h3-16,22H,17H2,1-2H3,(H,26,29)/t22-/m1/s1. The summed E-state index contributed by atoms with van der Waals surface area (Å²) in [6, 6.07) is 23.6. The summed E-state index contributed by atoms with van der Waals surface area (Å²) in [5, 5.41) is 13.7. The van der Waals surface area contributed by atoms with Gasteiger partial charge in [0.05, 0.1) is 17.4 Å². The molecular formula is C25H24N2O5. The van der Waals surface area contributed by atoms with Gasteiger partial charge < -0.3 is 10.1 Å². The van der Waals surface area contributed by atoms with Gasteiger partial charge in [-0.2, -0.15) is 0 Å². The first-order valence-corrected chi connectivity index (χ1v) is 10.1. The monoisotopic (exact) mass is 432 g/mol. The molecule has 0 unspecified atom stereocenters. The van der Waals surface area contributed by atoms with E-state index in [4.69, 9.17) is 4.74 Å². The van der Waals surface area contributed by atoms with Crippen molar-refractivity contribution in [2.45, 2.75) is 24.8 Å². The van der Waals surface area contributed by atoms with Crippen LogP contribution in [0.3, 0.4) is 0 Å². The van der Waals surface area contributed by atoms with E-state index in [1.807, 2.05) is 67.6 Å². The Morgan fingerprint density at radius 3 is 1.88 bits per heavy atom. The van der Waals surface area contributed by atoms with Crippen LogP contribution in [0.25, 0.3) is 0 Å². The van der Waals surface area contributed by atoms with E-state index in [-0.39, 0.29) is 18.0 Å². The minimum Gasteiger partial charge on any atom is -0.467 e. The van der Waals surface area contributed by atoms with Gasteiger partial charge in [-0.3, -0.25) is 14.9 Å². The van der Waals surface area contributed by atoms with E-state index in [2.05, 4.69) is 5.32 Å². The highest BCUT2D eigenvalue weighted by atomic mass is 16.6. The number of carbonyl (C=O) groups is 2. The van der Waals surface area contributed by atoms with Crippen molar-refractivity contribution < 1.29 is 19.2 Å². The average Bonchev–Trinajstić information content (AvgIpc) is 2.83. The van der Waals surface area contributed by atoms with Crippen LogP contribution in [0.2, 0.25) is 0 Å². The molecule has 1 N–H and O–H groups in total. The summed E-state index contributed by atoms with van der Waals surface area (Å²) in [7, 11) is 1.25. The smallest absolute Gasteiger partial charge is 0.328 e. The lowest BCUT2D eigenvalue weighted by molar-refractivity contribution is -0.384. The first-order chi connectivity index (χ1) is 15.4. The Bertz CT molecular complexity index is 1040. The molecule has 0 saturated heterocycles. The fraction of sp³-hybridized carbons (Fsp3) is 0.200. The Labute approximate surface area is 186 Å². The lowest BCUT2D eigenvalue weighted by Gasteiger charge is -2.31. The van der Waals surface area contributed by atoms with Crippen molar-refractivity contribution in [2.75, 3.05) is 7.11 Å². The largest absolute Gasteiger partial charge is 0.467 e. The SMILES string of the molecule is COC(=O)[C@@H](Cc1ccc([N+](=O)[O-])cc1)NC(=O)C(C)(c1ccccc1)c1ccccc1. The fourth-order valence-corrected chi connectivity index (χ4v) is 3.60. The van der Waals surface area contributed by atoms with Gasteiger partial charge >= 0.3 is 5.97 Å². The molecule has 0 fully saturated rings. The van der Waals surface area contributed by atoms with Crippen molar-refractivity contribution >= 4 is 17.6 Å². The molecule has 3 aromatic carbocycles. The van der Waals surface area contributed by atoms with E-state index in [1.165, 1.54) is 19.2 Å². The van der Waals surface area contributed by atoms with E-state index in [9.17, 15) is 19.7 Å². The highest BCUT2D eigenvalue weighted by molar-refractivity contribution is 5.94. The zero-order chi connectivity index (χ0) is 23.1. The van der Waals surface area contributed by atoms with E-state index < -0.39 is 22.3 Å². The summed E-state index contributed by atoms with van der Waals surface area (Å²) in [6.45, 7) is 1.81. The number of nitro groups is 1. The first kappa shape index (κ1) is 22.7. The molecular weight excluding hydrogens is 408 g/mol. The second-order valence-electron chi connectivity index (χ2n) is 7.53. The number of rotatable bonds is 8. The number of amides is 1. The molecule has 1 amide bonds. The molecule has 3 aromatic rings. The molecule has 0 aromatic heterocycles. The predicted molar refractivity (Wildman–Crippen MR) is 120 cm³/mol. The highest BCUT2D eigenvalue weighted by Crippen LogP contribution is 2.32. The van der Waals surface area contributed by atoms with Gasteiger partial charge in [0.15, 0.2) is 0 Å². The molecule has 0 aliphatic heterocycles. The third kappa shape index (κ3) is 4.83. The molecule has 7 nitrogen and oxygen atoms in total. The molecule has 3 rings (SSSR count). The molecule has 164 valence electrons. The normalized spacial score (nSPS) is 11.9. The van der Waals surface area contributed by atoms with Gasteiger partial charge in [-0.1, -0.05) is 72.8 Å². The second kappa shape index (κ2) is 9.87. The maximum Gasteiger partial charge on any atom is 0.328 e. The predicted octanol–water partition coefficient (Wildman–Crippen LogP) is 3.80. The summed E-state index contributed by atoms with van der Waals surface area (Å²) in [5.74, 6) is -0.951. The van der Waals surface area contributed by atoms with Crippen LogP contribution in [0.1, 0.15) is 23.6 Å². The van der Waals surface area contributed by atoms with Crippen molar-refractivity contribution in [1.29, 1.82) is 0 Å². The zero-order valence-electron chi connectivity index (χ0n) is 17.9. The summed E-state index contributed by atoms with van der Waals surface area (Å²) < 4.78 is 4.91. The van der Waals surface area contributed by atoms with Crippen molar-refractivity contribution in [2.24, 2.45) is 0 Å². The molecule has 0 radical (unpaired) electrons. The van der Waals surface area contributed by atoms with Crippen molar-refractivity contribution in [3.8, 4) is 0 Å².